The van der Waals surface area contributed by atoms with Crippen LogP contribution in [0, 0.1) is 12.3 Å². The van der Waals surface area contributed by atoms with E-state index in [-0.39, 0.29) is 12.1 Å². The normalized spacial score (nSPS) is 20.6. The van der Waals surface area contributed by atoms with E-state index < -0.39 is 5.60 Å². The average molecular weight is 223 g/mol. The van der Waals surface area contributed by atoms with Gasteiger partial charge in [0.15, 0.2) is 0 Å². The number of amides is 1. The molecule has 1 aliphatic rings. The summed E-state index contributed by atoms with van der Waals surface area (Å²) in [6.45, 7) is 6.45. The molecule has 0 saturated carbocycles. The molecule has 0 aromatic rings. The summed E-state index contributed by atoms with van der Waals surface area (Å²) in [6, 6.07) is 0.269. The molecule has 0 spiro atoms. The number of terminal acetylenes is 1. The molecule has 3 heteroatoms. The van der Waals surface area contributed by atoms with Crippen molar-refractivity contribution in [2.45, 2.75) is 58.1 Å². The summed E-state index contributed by atoms with van der Waals surface area (Å²) in [6.07, 6.45) is 8.75. The maximum atomic E-state index is 11.9. The topological polar surface area (TPSA) is 29.5 Å². The number of carbonyl (C=O) groups excluding carboxylic acids is 1. The Labute approximate surface area is 98.1 Å². The zero-order valence-corrected chi connectivity index (χ0v) is 10.5. The van der Waals surface area contributed by atoms with Crippen LogP contribution >= 0.6 is 0 Å². The summed E-state index contributed by atoms with van der Waals surface area (Å²) in [4.78, 5) is 13.7. The Morgan fingerprint density at radius 2 is 2.25 bits per heavy atom. The van der Waals surface area contributed by atoms with Crippen molar-refractivity contribution in [3.05, 3.63) is 0 Å². The first kappa shape index (κ1) is 12.9. The highest BCUT2D eigenvalue weighted by atomic mass is 16.6. The van der Waals surface area contributed by atoms with Gasteiger partial charge in [0.1, 0.15) is 5.60 Å². The molecule has 1 atom stereocenters. The van der Waals surface area contributed by atoms with Crippen molar-refractivity contribution < 1.29 is 9.53 Å². The summed E-state index contributed by atoms with van der Waals surface area (Å²) < 4.78 is 5.37. The van der Waals surface area contributed by atoms with Crippen LogP contribution in [0.2, 0.25) is 0 Å². The quantitative estimate of drug-likeness (QED) is 0.674. The first-order valence-electron chi connectivity index (χ1n) is 5.87. The lowest BCUT2D eigenvalue weighted by molar-refractivity contribution is 0.0221. The van der Waals surface area contributed by atoms with Crippen LogP contribution in [0.3, 0.4) is 0 Å². The van der Waals surface area contributed by atoms with E-state index in [4.69, 9.17) is 11.2 Å². The van der Waals surface area contributed by atoms with Gasteiger partial charge < -0.3 is 9.64 Å². The van der Waals surface area contributed by atoms with E-state index in [0.29, 0.717) is 0 Å². The van der Waals surface area contributed by atoms with E-state index in [2.05, 4.69) is 5.92 Å². The van der Waals surface area contributed by atoms with Crippen LogP contribution in [0.4, 0.5) is 4.79 Å². The molecule has 1 fully saturated rings. The molecule has 0 N–H and O–H groups in total. The molecule has 0 aromatic carbocycles. The van der Waals surface area contributed by atoms with Crippen LogP contribution in [0.1, 0.15) is 46.5 Å². The molecule has 1 unspecified atom stereocenters. The summed E-state index contributed by atoms with van der Waals surface area (Å²) in [5.41, 5.74) is -0.420. The molecule has 1 heterocycles. The molecule has 90 valence electrons. The highest BCUT2D eigenvalue weighted by Crippen LogP contribution is 2.23. The smallest absolute Gasteiger partial charge is 0.410 e. The molecule has 0 aliphatic carbocycles. The number of nitrogens with zero attached hydrogens (tertiary/aromatic N) is 1. The molecule has 16 heavy (non-hydrogen) atoms. The lowest BCUT2D eigenvalue weighted by atomic mass is 10.1. The Bertz CT molecular complexity index is 285. The first-order chi connectivity index (χ1) is 7.44. The summed E-state index contributed by atoms with van der Waals surface area (Å²) >= 11 is 0. The highest BCUT2D eigenvalue weighted by molar-refractivity contribution is 5.68. The van der Waals surface area contributed by atoms with Crippen molar-refractivity contribution >= 4 is 6.09 Å². The number of hydrogen-bond acceptors (Lipinski definition) is 2. The molecular weight excluding hydrogens is 202 g/mol. The van der Waals surface area contributed by atoms with Crippen LogP contribution in [0.5, 0.6) is 0 Å². The molecule has 1 amide bonds. The molecule has 0 radical (unpaired) electrons. The second-order valence-corrected chi connectivity index (χ2v) is 5.21. The molecule has 1 saturated heterocycles. The fraction of sp³-hybridized carbons (Fsp3) is 0.769. The third-order valence-electron chi connectivity index (χ3n) is 2.63. The Hall–Kier alpha value is -1.17. The molecule has 1 aliphatic heterocycles. The first-order valence-corrected chi connectivity index (χ1v) is 5.87. The lowest BCUT2D eigenvalue weighted by Crippen LogP contribution is -2.39. The van der Waals surface area contributed by atoms with Crippen molar-refractivity contribution in [1.82, 2.24) is 4.90 Å². The van der Waals surface area contributed by atoms with Crippen molar-refractivity contribution in [3.8, 4) is 12.3 Å². The second-order valence-electron chi connectivity index (χ2n) is 5.21. The molecule has 1 rings (SSSR count). The van der Waals surface area contributed by atoms with Crippen LogP contribution in [-0.4, -0.2) is 29.2 Å². The van der Waals surface area contributed by atoms with E-state index in [1.165, 1.54) is 0 Å². The second kappa shape index (κ2) is 5.25. The standard InChI is InChI=1S/C13H21NO2/c1-5-6-8-11-9-7-10-14(11)12(15)16-13(2,3)4/h1,11H,6-10H2,2-4H3. The van der Waals surface area contributed by atoms with Gasteiger partial charge in [-0.1, -0.05) is 0 Å². The minimum Gasteiger partial charge on any atom is -0.444 e. The summed E-state index contributed by atoms with van der Waals surface area (Å²) in [5, 5.41) is 0. The third-order valence-corrected chi connectivity index (χ3v) is 2.63. The number of rotatable bonds is 2. The van der Waals surface area contributed by atoms with Gasteiger partial charge >= 0.3 is 6.09 Å². The van der Waals surface area contributed by atoms with Gasteiger partial charge in [0.25, 0.3) is 0 Å². The zero-order valence-electron chi connectivity index (χ0n) is 10.5. The Morgan fingerprint density at radius 3 is 2.81 bits per heavy atom. The van der Waals surface area contributed by atoms with E-state index >= 15 is 0 Å². The van der Waals surface area contributed by atoms with Gasteiger partial charge in [0.2, 0.25) is 0 Å². The number of carbonyl (C=O) groups is 1. The minimum absolute atomic E-state index is 0.202. The van der Waals surface area contributed by atoms with E-state index in [1.54, 1.807) is 0 Å². The SMILES string of the molecule is C#CCCC1CCCN1C(=O)OC(C)(C)C. The number of likely N-dealkylation sites (tertiary alicyclic amines) is 1. The third kappa shape index (κ3) is 3.77. The molecule has 3 nitrogen and oxygen atoms in total. The molecule has 0 bridgehead atoms. The molecular formula is C13H21NO2. The predicted octanol–water partition coefficient (Wildman–Crippen LogP) is 2.80. The van der Waals surface area contributed by atoms with E-state index in [9.17, 15) is 4.79 Å². The Morgan fingerprint density at radius 1 is 1.56 bits per heavy atom. The van der Waals surface area contributed by atoms with Gasteiger partial charge in [0, 0.05) is 19.0 Å². The maximum Gasteiger partial charge on any atom is 0.410 e. The van der Waals surface area contributed by atoms with Crippen LogP contribution in [-0.2, 0) is 4.74 Å². The van der Waals surface area contributed by atoms with E-state index in [1.807, 2.05) is 25.7 Å². The zero-order chi connectivity index (χ0) is 12.2. The van der Waals surface area contributed by atoms with Gasteiger partial charge in [-0.15, -0.1) is 12.3 Å². The van der Waals surface area contributed by atoms with Gasteiger partial charge in [-0.05, 0) is 40.0 Å². The average Bonchev–Trinajstić information content (AvgIpc) is 2.59. The van der Waals surface area contributed by atoms with Crippen LogP contribution in [0.15, 0.2) is 0 Å². The molecule has 0 aromatic heterocycles. The predicted molar refractivity (Wildman–Crippen MR) is 64.0 cm³/mol. The summed E-state index contributed by atoms with van der Waals surface area (Å²) in [5.74, 6) is 2.62. The van der Waals surface area contributed by atoms with Crippen LogP contribution in [0.25, 0.3) is 0 Å². The minimum atomic E-state index is -0.420. The number of ether oxygens (including phenoxy) is 1. The van der Waals surface area contributed by atoms with Crippen molar-refractivity contribution in [2.75, 3.05) is 6.54 Å². The van der Waals surface area contributed by atoms with Gasteiger partial charge in [-0.3, -0.25) is 0 Å². The number of hydrogen-bond donors (Lipinski definition) is 0. The van der Waals surface area contributed by atoms with Crippen molar-refractivity contribution in [2.24, 2.45) is 0 Å². The maximum absolute atomic E-state index is 11.9. The van der Waals surface area contributed by atoms with Crippen molar-refractivity contribution in [1.29, 1.82) is 0 Å². The Kier molecular flexibility index (Phi) is 4.23. The van der Waals surface area contributed by atoms with E-state index in [0.717, 1.165) is 32.2 Å². The lowest BCUT2D eigenvalue weighted by Gasteiger charge is -2.28. The summed E-state index contributed by atoms with van der Waals surface area (Å²) in [7, 11) is 0. The van der Waals surface area contributed by atoms with Gasteiger partial charge in [-0.2, -0.15) is 0 Å². The van der Waals surface area contributed by atoms with Crippen LogP contribution < -0.4 is 0 Å². The van der Waals surface area contributed by atoms with Crippen molar-refractivity contribution in [3.63, 3.8) is 0 Å². The highest BCUT2D eigenvalue weighted by Gasteiger charge is 2.31. The fourth-order valence-electron chi connectivity index (χ4n) is 1.95. The van der Waals surface area contributed by atoms with Gasteiger partial charge in [0.05, 0.1) is 0 Å². The Balaban J connectivity index is 2.51. The van der Waals surface area contributed by atoms with Gasteiger partial charge in [-0.25, -0.2) is 4.79 Å². The monoisotopic (exact) mass is 223 g/mol. The largest absolute Gasteiger partial charge is 0.444 e. The fourth-order valence-corrected chi connectivity index (χ4v) is 1.95.